The Morgan fingerprint density at radius 1 is 0.480 bits per heavy atom. The molecule has 2 nitrogen and oxygen atoms in total. The maximum atomic E-state index is 3.55. The van der Waals surface area contributed by atoms with E-state index in [2.05, 4.69) is 71.3 Å². The second kappa shape index (κ2) is 14.9. The molecule has 2 aromatic rings. The molecule has 0 heterocycles. The van der Waals surface area contributed by atoms with Crippen molar-refractivity contribution in [2.75, 3.05) is 26.2 Å². The summed E-state index contributed by atoms with van der Waals surface area (Å²) in [7, 11) is 0. The summed E-state index contributed by atoms with van der Waals surface area (Å²) in [6.07, 6.45) is 7.51. The van der Waals surface area contributed by atoms with Gasteiger partial charge < -0.3 is 10.6 Å². The first-order valence-electron chi connectivity index (χ1n) is 9.44. The third-order valence-electron chi connectivity index (χ3n) is 4.32. The molecule has 2 rings (SSSR count). The highest BCUT2D eigenvalue weighted by Gasteiger charge is 1.94. The molecule has 2 aromatic carbocycles. The Kier molecular flexibility index (Phi) is 13.0. The lowest BCUT2D eigenvalue weighted by Crippen LogP contribution is -2.19. The molecule has 0 atom stereocenters. The summed E-state index contributed by atoms with van der Waals surface area (Å²) in [6, 6.07) is 21.4. The molecule has 25 heavy (non-hydrogen) atoms. The number of halogens is 1. The van der Waals surface area contributed by atoms with Crippen molar-refractivity contribution in [3.05, 3.63) is 71.8 Å². The highest BCUT2D eigenvalue weighted by Crippen LogP contribution is 2.01. The van der Waals surface area contributed by atoms with E-state index in [0.717, 1.165) is 39.0 Å². The molecule has 0 amide bonds. The van der Waals surface area contributed by atoms with Crippen molar-refractivity contribution in [2.24, 2.45) is 0 Å². The summed E-state index contributed by atoms with van der Waals surface area (Å²) in [5, 5.41) is 7.10. The van der Waals surface area contributed by atoms with Crippen LogP contribution in [0.3, 0.4) is 0 Å². The molecule has 138 valence electrons. The third-order valence-corrected chi connectivity index (χ3v) is 4.32. The van der Waals surface area contributed by atoms with Crippen molar-refractivity contribution >= 4 is 12.4 Å². The Bertz CT molecular complexity index is 467. The van der Waals surface area contributed by atoms with Gasteiger partial charge >= 0.3 is 0 Å². The predicted octanol–water partition coefficient (Wildman–Crippen LogP) is 4.63. The summed E-state index contributed by atoms with van der Waals surface area (Å²) in [6.45, 7) is 4.47. The van der Waals surface area contributed by atoms with E-state index in [1.165, 1.54) is 36.8 Å². The van der Waals surface area contributed by atoms with Crippen molar-refractivity contribution in [3.63, 3.8) is 0 Å². The molecule has 0 unspecified atom stereocenters. The molecule has 2 N–H and O–H groups in total. The van der Waals surface area contributed by atoms with Gasteiger partial charge in [0.1, 0.15) is 0 Å². The second-order valence-electron chi connectivity index (χ2n) is 6.39. The molecule has 0 fully saturated rings. The van der Waals surface area contributed by atoms with Gasteiger partial charge in [0.2, 0.25) is 0 Å². The summed E-state index contributed by atoms with van der Waals surface area (Å²) in [4.78, 5) is 0. The maximum Gasteiger partial charge on any atom is -0.000835 e. The lowest BCUT2D eigenvalue weighted by atomic mass is 10.1. The largest absolute Gasteiger partial charge is 0.316 e. The fraction of sp³-hybridized carbons (Fsp3) is 0.455. The van der Waals surface area contributed by atoms with E-state index in [-0.39, 0.29) is 12.4 Å². The number of rotatable bonds is 13. The average molecular weight is 361 g/mol. The molecule has 0 aliphatic heterocycles. The SMILES string of the molecule is Cl.c1ccc(CCNCCCCCCNCCc2ccccc2)cc1. The molecule has 0 bridgehead atoms. The van der Waals surface area contributed by atoms with Crippen LogP contribution in [0.2, 0.25) is 0 Å². The van der Waals surface area contributed by atoms with Crippen LogP contribution in [0.25, 0.3) is 0 Å². The van der Waals surface area contributed by atoms with Crippen molar-refractivity contribution in [1.29, 1.82) is 0 Å². The van der Waals surface area contributed by atoms with Gasteiger partial charge in [-0.05, 0) is 63.0 Å². The van der Waals surface area contributed by atoms with Gasteiger partial charge in [0.25, 0.3) is 0 Å². The van der Waals surface area contributed by atoms with Gasteiger partial charge in [0.05, 0.1) is 0 Å². The van der Waals surface area contributed by atoms with Gasteiger partial charge in [-0.3, -0.25) is 0 Å². The molecule has 0 radical (unpaired) electrons. The van der Waals surface area contributed by atoms with Crippen molar-refractivity contribution < 1.29 is 0 Å². The second-order valence-corrected chi connectivity index (χ2v) is 6.39. The van der Waals surface area contributed by atoms with Crippen LogP contribution in [0.5, 0.6) is 0 Å². The van der Waals surface area contributed by atoms with Crippen LogP contribution in [-0.2, 0) is 12.8 Å². The Labute approximate surface area is 159 Å². The summed E-state index contributed by atoms with van der Waals surface area (Å²) in [5.74, 6) is 0. The first-order valence-corrected chi connectivity index (χ1v) is 9.44. The molecule has 0 aliphatic carbocycles. The molecule has 3 heteroatoms. The maximum absolute atomic E-state index is 3.55. The highest BCUT2D eigenvalue weighted by atomic mass is 35.5. The van der Waals surface area contributed by atoms with Gasteiger partial charge in [-0.1, -0.05) is 73.5 Å². The molecular weight excluding hydrogens is 328 g/mol. The average Bonchev–Trinajstić information content (AvgIpc) is 2.64. The zero-order valence-corrected chi connectivity index (χ0v) is 16.1. The molecule has 0 spiro atoms. The monoisotopic (exact) mass is 360 g/mol. The van der Waals surface area contributed by atoms with Gasteiger partial charge in [-0.25, -0.2) is 0 Å². The van der Waals surface area contributed by atoms with E-state index in [4.69, 9.17) is 0 Å². The van der Waals surface area contributed by atoms with Crippen LogP contribution in [0.1, 0.15) is 36.8 Å². The summed E-state index contributed by atoms with van der Waals surface area (Å²) >= 11 is 0. The van der Waals surface area contributed by atoms with E-state index in [0.29, 0.717) is 0 Å². The van der Waals surface area contributed by atoms with Gasteiger partial charge in [0.15, 0.2) is 0 Å². The number of benzene rings is 2. The molecule has 0 saturated carbocycles. The van der Waals surface area contributed by atoms with E-state index < -0.39 is 0 Å². The lowest BCUT2D eigenvalue weighted by Gasteiger charge is -2.06. The first kappa shape index (κ1) is 21.7. The van der Waals surface area contributed by atoms with E-state index in [1.807, 2.05) is 0 Å². The molecule has 0 saturated heterocycles. The fourth-order valence-electron chi connectivity index (χ4n) is 2.86. The third kappa shape index (κ3) is 11.0. The Hall–Kier alpha value is -1.35. The number of hydrogen-bond donors (Lipinski definition) is 2. The van der Waals surface area contributed by atoms with Crippen LogP contribution in [0.4, 0.5) is 0 Å². The fourth-order valence-corrected chi connectivity index (χ4v) is 2.86. The van der Waals surface area contributed by atoms with Gasteiger partial charge in [-0.15, -0.1) is 12.4 Å². The first-order chi connectivity index (χ1) is 11.9. The van der Waals surface area contributed by atoms with Crippen molar-refractivity contribution in [2.45, 2.75) is 38.5 Å². The van der Waals surface area contributed by atoms with Crippen LogP contribution in [-0.4, -0.2) is 26.2 Å². The minimum absolute atomic E-state index is 0. The quantitative estimate of drug-likeness (QED) is 0.509. The number of unbranched alkanes of at least 4 members (excludes halogenated alkanes) is 3. The Morgan fingerprint density at radius 3 is 1.28 bits per heavy atom. The van der Waals surface area contributed by atoms with Gasteiger partial charge in [-0.2, -0.15) is 0 Å². The summed E-state index contributed by atoms with van der Waals surface area (Å²) < 4.78 is 0. The Morgan fingerprint density at radius 2 is 0.880 bits per heavy atom. The summed E-state index contributed by atoms with van der Waals surface area (Å²) in [5.41, 5.74) is 2.85. The standard InChI is InChI=1S/C22H32N2.ClH/c1(9-17-23-19-15-21-11-5-3-6-12-21)2-10-18-24-20-16-22-13-7-4-8-14-22;/h3-8,11-14,23-24H,1-2,9-10,15-20H2;1H. The topological polar surface area (TPSA) is 24.1 Å². The van der Waals surface area contributed by atoms with Crippen LogP contribution >= 0.6 is 12.4 Å². The number of hydrogen-bond acceptors (Lipinski definition) is 2. The molecular formula is C22H33ClN2. The van der Waals surface area contributed by atoms with E-state index >= 15 is 0 Å². The van der Waals surface area contributed by atoms with Crippen molar-refractivity contribution in [3.8, 4) is 0 Å². The number of nitrogens with one attached hydrogen (secondary N) is 2. The van der Waals surface area contributed by atoms with Crippen LogP contribution < -0.4 is 10.6 Å². The molecule has 0 aromatic heterocycles. The van der Waals surface area contributed by atoms with Crippen LogP contribution in [0.15, 0.2) is 60.7 Å². The minimum Gasteiger partial charge on any atom is -0.316 e. The zero-order valence-electron chi connectivity index (χ0n) is 15.3. The van der Waals surface area contributed by atoms with Gasteiger partial charge in [0, 0.05) is 0 Å². The van der Waals surface area contributed by atoms with E-state index in [9.17, 15) is 0 Å². The van der Waals surface area contributed by atoms with E-state index in [1.54, 1.807) is 0 Å². The Balaban J connectivity index is 0.00000312. The zero-order chi connectivity index (χ0) is 16.7. The van der Waals surface area contributed by atoms with Crippen molar-refractivity contribution in [1.82, 2.24) is 10.6 Å². The minimum atomic E-state index is 0. The normalized spacial score (nSPS) is 10.4. The van der Waals surface area contributed by atoms with Crippen LogP contribution in [0, 0.1) is 0 Å². The molecule has 0 aliphatic rings. The lowest BCUT2D eigenvalue weighted by molar-refractivity contribution is 0.564. The smallest absolute Gasteiger partial charge is 0.000835 e. The highest BCUT2D eigenvalue weighted by molar-refractivity contribution is 5.85. The predicted molar refractivity (Wildman–Crippen MR) is 112 cm³/mol.